The third-order valence-corrected chi connectivity index (χ3v) is 4.46. The molecule has 0 aliphatic rings. The Morgan fingerprint density at radius 3 is 2.10 bits per heavy atom. The molecule has 0 fully saturated rings. The van der Waals surface area contributed by atoms with Gasteiger partial charge in [-0.3, -0.25) is 14.4 Å². The van der Waals surface area contributed by atoms with Crippen LogP contribution in [0.1, 0.15) is 33.6 Å². The first-order chi connectivity index (χ1) is 14.4. The molecule has 6 heteroatoms. The Bertz CT molecular complexity index is 1060. The lowest BCUT2D eigenvalue weighted by Gasteiger charge is -2.06. The van der Waals surface area contributed by atoms with Crippen LogP contribution in [0.3, 0.4) is 0 Å². The predicted molar refractivity (Wildman–Crippen MR) is 107 cm³/mol. The molecule has 0 aliphatic heterocycles. The maximum absolute atomic E-state index is 13.6. The monoisotopic (exact) mass is 408 g/mol. The average Bonchev–Trinajstić information content (AvgIpc) is 2.78. The van der Waals surface area contributed by atoms with E-state index in [1.807, 2.05) is 42.5 Å². The molecule has 30 heavy (non-hydrogen) atoms. The van der Waals surface area contributed by atoms with Crippen molar-refractivity contribution in [2.75, 3.05) is 6.61 Å². The SMILES string of the molecule is O=C(CCC(=O)c1ccc(-c2ccccc2)cc1)OCC(=O)c1cc(F)ccc1F. The standard InChI is InChI=1S/C24H18F2O4/c25-19-10-11-21(26)20(14-19)23(28)15-30-24(29)13-12-22(27)18-8-6-17(7-9-18)16-4-2-1-3-5-16/h1-11,14H,12-13,15H2. The van der Waals surface area contributed by atoms with Crippen LogP contribution >= 0.6 is 0 Å². The lowest BCUT2D eigenvalue weighted by Crippen LogP contribution is -2.16. The lowest BCUT2D eigenvalue weighted by molar-refractivity contribution is -0.142. The molecule has 0 N–H and O–H groups in total. The van der Waals surface area contributed by atoms with Gasteiger partial charge in [-0.1, -0.05) is 54.6 Å². The summed E-state index contributed by atoms with van der Waals surface area (Å²) >= 11 is 0. The van der Waals surface area contributed by atoms with Gasteiger partial charge in [-0.15, -0.1) is 0 Å². The van der Waals surface area contributed by atoms with Crippen molar-refractivity contribution in [1.82, 2.24) is 0 Å². The summed E-state index contributed by atoms with van der Waals surface area (Å²) in [7, 11) is 0. The third-order valence-electron chi connectivity index (χ3n) is 4.46. The first-order valence-electron chi connectivity index (χ1n) is 9.26. The number of carbonyl (C=O) groups is 3. The van der Waals surface area contributed by atoms with Crippen molar-refractivity contribution in [2.24, 2.45) is 0 Å². The molecule has 0 spiro atoms. The van der Waals surface area contributed by atoms with E-state index >= 15 is 0 Å². The minimum absolute atomic E-state index is 0.0912. The van der Waals surface area contributed by atoms with Crippen LogP contribution in [0, 0.1) is 11.6 Å². The van der Waals surface area contributed by atoms with E-state index in [-0.39, 0.29) is 18.6 Å². The highest BCUT2D eigenvalue weighted by Crippen LogP contribution is 2.20. The second-order valence-corrected chi connectivity index (χ2v) is 6.57. The first-order valence-corrected chi connectivity index (χ1v) is 9.26. The van der Waals surface area contributed by atoms with E-state index in [0.29, 0.717) is 5.56 Å². The number of halogens is 2. The molecule has 0 unspecified atom stereocenters. The quantitative estimate of drug-likeness (QED) is 0.388. The van der Waals surface area contributed by atoms with Crippen molar-refractivity contribution in [3.63, 3.8) is 0 Å². The van der Waals surface area contributed by atoms with Gasteiger partial charge in [0.25, 0.3) is 0 Å². The molecule has 4 nitrogen and oxygen atoms in total. The molecular weight excluding hydrogens is 390 g/mol. The summed E-state index contributed by atoms with van der Waals surface area (Å²) in [6.07, 6.45) is -0.315. The van der Waals surface area contributed by atoms with Gasteiger partial charge in [-0.25, -0.2) is 8.78 Å². The summed E-state index contributed by atoms with van der Waals surface area (Å²) in [6.45, 7) is -0.723. The largest absolute Gasteiger partial charge is 0.457 e. The zero-order chi connectivity index (χ0) is 21.5. The molecule has 0 saturated carbocycles. The molecule has 3 aromatic rings. The zero-order valence-electron chi connectivity index (χ0n) is 15.9. The first kappa shape index (κ1) is 21.0. The van der Waals surface area contributed by atoms with Gasteiger partial charge in [0, 0.05) is 12.0 Å². The molecule has 0 saturated heterocycles. The van der Waals surface area contributed by atoms with Crippen molar-refractivity contribution < 1.29 is 27.9 Å². The van der Waals surface area contributed by atoms with Crippen molar-refractivity contribution >= 4 is 17.5 Å². The number of rotatable bonds is 8. The fourth-order valence-electron chi connectivity index (χ4n) is 2.85. The maximum Gasteiger partial charge on any atom is 0.306 e. The number of Topliss-reactive ketones (excluding diaryl/α,β-unsaturated/α-hetero) is 2. The van der Waals surface area contributed by atoms with Crippen LogP contribution in [0.25, 0.3) is 11.1 Å². The van der Waals surface area contributed by atoms with Gasteiger partial charge < -0.3 is 4.74 Å². The Morgan fingerprint density at radius 2 is 1.40 bits per heavy atom. The maximum atomic E-state index is 13.6. The summed E-state index contributed by atoms with van der Waals surface area (Å²) in [5.74, 6) is -3.53. The van der Waals surface area contributed by atoms with E-state index in [0.717, 1.165) is 29.3 Å². The highest BCUT2D eigenvalue weighted by molar-refractivity contribution is 5.99. The number of benzene rings is 3. The van der Waals surface area contributed by atoms with Crippen molar-refractivity contribution in [1.29, 1.82) is 0 Å². The highest BCUT2D eigenvalue weighted by Gasteiger charge is 2.16. The second kappa shape index (κ2) is 9.69. The fraction of sp³-hybridized carbons (Fsp3) is 0.125. The van der Waals surface area contributed by atoms with Crippen LogP contribution in [-0.4, -0.2) is 24.1 Å². The normalized spacial score (nSPS) is 10.5. The van der Waals surface area contributed by atoms with Gasteiger partial charge in [-0.2, -0.15) is 0 Å². The average molecular weight is 408 g/mol. The number of carbonyl (C=O) groups excluding carboxylic acids is 3. The number of esters is 1. The van der Waals surface area contributed by atoms with E-state index < -0.39 is 35.6 Å². The summed E-state index contributed by atoms with van der Waals surface area (Å²) in [5, 5.41) is 0. The van der Waals surface area contributed by atoms with Gasteiger partial charge in [0.1, 0.15) is 11.6 Å². The van der Waals surface area contributed by atoms with Crippen LogP contribution in [0.15, 0.2) is 72.8 Å². The fourth-order valence-corrected chi connectivity index (χ4v) is 2.85. The van der Waals surface area contributed by atoms with Crippen LogP contribution in [0.5, 0.6) is 0 Å². The molecule has 152 valence electrons. The summed E-state index contributed by atoms with van der Waals surface area (Å²) in [4.78, 5) is 36.0. The van der Waals surface area contributed by atoms with Gasteiger partial charge in [0.15, 0.2) is 12.4 Å². The highest BCUT2D eigenvalue weighted by atomic mass is 19.1. The molecule has 0 heterocycles. The third kappa shape index (κ3) is 5.44. The van der Waals surface area contributed by atoms with Gasteiger partial charge in [-0.05, 0) is 29.3 Å². The van der Waals surface area contributed by atoms with Crippen LogP contribution in [0.4, 0.5) is 8.78 Å². The van der Waals surface area contributed by atoms with E-state index in [2.05, 4.69) is 0 Å². The summed E-state index contributed by atoms with van der Waals surface area (Å²) < 4.78 is 31.5. The van der Waals surface area contributed by atoms with E-state index in [1.165, 1.54) is 0 Å². The lowest BCUT2D eigenvalue weighted by atomic mass is 10.0. The molecule has 0 atom stereocenters. The van der Waals surface area contributed by atoms with Crippen molar-refractivity contribution in [3.05, 3.63) is 95.6 Å². The van der Waals surface area contributed by atoms with Crippen molar-refractivity contribution in [2.45, 2.75) is 12.8 Å². The van der Waals surface area contributed by atoms with E-state index in [1.54, 1.807) is 12.1 Å². The topological polar surface area (TPSA) is 60.4 Å². The number of ether oxygens (including phenoxy) is 1. The summed E-state index contributed by atoms with van der Waals surface area (Å²) in [6, 6.07) is 19.2. The van der Waals surface area contributed by atoms with Crippen LogP contribution in [-0.2, 0) is 9.53 Å². The number of hydrogen-bond acceptors (Lipinski definition) is 4. The molecular formula is C24H18F2O4. The Kier molecular flexibility index (Phi) is 6.80. The summed E-state index contributed by atoms with van der Waals surface area (Å²) in [5.41, 5.74) is 1.96. The molecule has 0 amide bonds. The molecule has 0 bridgehead atoms. The molecule has 3 rings (SSSR count). The van der Waals surface area contributed by atoms with Crippen LogP contribution < -0.4 is 0 Å². The Labute approximate surface area is 172 Å². The Balaban J connectivity index is 1.49. The smallest absolute Gasteiger partial charge is 0.306 e. The predicted octanol–water partition coefficient (Wildman–Crippen LogP) is 5.02. The Morgan fingerprint density at radius 1 is 0.733 bits per heavy atom. The Hall–Kier alpha value is -3.67. The van der Waals surface area contributed by atoms with Crippen LogP contribution in [0.2, 0.25) is 0 Å². The van der Waals surface area contributed by atoms with Gasteiger partial charge in [0.05, 0.1) is 12.0 Å². The molecule has 0 aromatic heterocycles. The number of ketones is 2. The minimum Gasteiger partial charge on any atom is -0.457 e. The molecule has 0 radical (unpaired) electrons. The second-order valence-electron chi connectivity index (χ2n) is 6.57. The van der Waals surface area contributed by atoms with E-state index in [4.69, 9.17) is 4.74 Å². The molecule has 3 aromatic carbocycles. The van der Waals surface area contributed by atoms with Crippen molar-refractivity contribution in [3.8, 4) is 11.1 Å². The van der Waals surface area contributed by atoms with Gasteiger partial charge >= 0.3 is 5.97 Å². The number of hydrogen-bond donors (Lipinski definition) is 0. The molecule has 0 aliphatic carbocycles. The minimum atomic E-state index is -0.897. The van der Waals surface area contributed by atoms with E-state index in [9.17, 15) is 23.2 Å². The van der Waals surface area contributed by atoms with Gasteiger partial charge in [0.2, 0.25) is 5.78 Å². The zero-order valence-corrected chi connectivity index (χ0v) is 15.9.